The Morgan fingerprint density at radius 3 is 2.62 bits per heavy atom. The Morgan fingerprint density at radius 2 is 2.00 bits per heavy atom. The highest BCUT2D eigenvalue weighted by Gasteiger charge is 2.09. The maximum atomic E-state index is 4.44. The number of thiazole rings is 1. The fraction of sp³-hybridized carbons (Fsp3) is 0.364. The van der Waals surface area contributed by atoms with Crippen LogP contribution >= 0.6 is 11.3 Å². The molecule has 16 heavy (non-hydrogen) atoms. The maximum absolute atomic E-state index is 4.44. The van der Waals surface area contributed by atoms with Crippen LogP contribution in [0.15, 0.2) is 17.8 Å². The summed E-state index contributed by atoms with van der Waals surface area (Å²) in [5.41, 5.74) is 1.97. The van der Waals surface area contributed by atoms with E-state index in [1.165, 1.54) is 0 Å². The zero-order valence-electron chi connectivity index (χ0n) is 9.56. The van der Waals surface area contributed by atoms with Crippen molar-refractivity contribution in [1.29, 1.82) is 0 Å². The molecule has 0 bridgehead atoms. The Bertz CT molecular complexity index is 480. The van der Waals surface area contributed by atoms with Gasteiger partial charge >= 0.3 is 0 Å². The Kier molecular flexibility index (Phi) is 3.14. The average Bonchev–Trinajstić information content (AvgIpc) is 2.65. The topological polar surface area (TPSA) is 50.7 Å². The van der Waals surface area contributed by atoms with Crippen molar-refractivity contribution >= 4 is 17.2 Å². The Morgan fingerprint density at radius 1 is 1.19 bits per heavy atom. The number of nitrogens with one attached hydrogen (secondary N) is 1. The summed E-state index contributed by atoms with van der Waals surface area (Å²) in [6.07, 6.45) is 3.47. The van der Waals surface area contributed by atoms with Gasteiger partial charge in [0.25, 0.3) is 0 Å². The molecule has 0 saturated carbocycles. The van der Waals surface area contributed by atoms with Gasteiger partial charge < -0.3 is 5.32 Å². The molecule has 2 aromatic heterocycles. The lowest BCUT2D eigenvalue weighted by atomic mass is 10.3. The average molecular weight is 234 g/mol. The van der Waals surface area contributed by atoms with Gasteiger partial charge in [0.2, 0.25) is 0 Å². The van der Waals surface area contributed by atoms with Crippen LogP contribution in [0.1, 0.15) is 29.4 Å². The second kappa shape index (κ2) is 4.57. The van der Waals surface area contributed by atoms with E-state index in [0.29, 0.717) is 0 Å². The zero-order valence-corrected chi connectivity index (χ0v) is 10.4. The summed E-state index contributed by atoms with van der Waals surface area (Å²) >= 11 is 1.66. The lowest BCUT2D eigenvalue weighted by Gasteiger charge is -2.11. The van der Waals surface area contributed by atoms with Crippen molar-refractivity contribution in [3.63, 3.8) is 0 Å². The molecule has 0 saturated heterocycles. The normalized spacial score (nSPS) is 12.4. The molecule has 1 N–H and O–H groups in total. The highest BCUT2D eigenvalue weighted by atomic mass is 32.1. The van der Waals surface area contributed by atoms with E-state index >= 15 is 0 Å². The van der Waals surface area contributed by atoms with E-state index in [1.54, 1.807) is 23.7 Å². The van der Waals surface area contributed by atoms with Gasteiger partial charge in [0, 0.05) is 17.3 Å². The Labute approximate surface area is 98.8 Å². The lowest BCUT2D eigenvalue weighted by molar-refractivity contribution is 0.850. The third kappa shape index (κ3) is 2.55. The summed E-state index contributed by atoms with van der Waals surface area (Å²) in [5, 5.41) is 6.41. The van der Waals surface area contributed by atoms with Crippen LogP contribution in [0.4, 0.5) is 5.82 Å². The van der Waals surface area contributed by atoms with E-state index in [-0.39, 0.29) is 6.04 Å². The third-order valence-corrected chi connectivity index (χ3v) is 3.27. The molecular formula is C11H14N4S. The fourth-order valence-corrected chi connectivity index (χ4v) is 2.19. The molecule has 2 heterocycles. The maximum Gasteiger partial charge on any atom is 0.145 e. The van der Waals surface area contributed by atoms with Crippen molar-refractivity contribution in [3.05, 3.63) is 34.2 Å². The first-order chi connectivity index (χ1) is 7.65. The van der Waals surface area contributed by atoms with Gasteiger partial charge in [0.1, 0.15) is 10.8 Å². The molecule has 2 rings (SSSR count). The van der Waals surface area contributed by atoms with E-state index in [4.69, 9.17) is 0 Å². The lowest BCUT2D eigenvalue weighted by Crippen LogP contribution is -2.08. The minimum Gasteiger partial charge on any atom is -0.360 e. The molecule has 0 aliphatic rings. The highest BCUT2D eigenvalue weighted by molar-refractivity contribution is 7.09. The molecular weight excluding hydrogens is 220 g/mol. The molecule has 84 valence electrons. The largest absolute Gasteiger partial charge is 0.360 e. The zero-order chi connectivity index (χ0) is 11.5. The fourth-order valence-electron chi connectivity index (χ4n) is 1.39. The second-order valence-corrected chi connectivity index (χ2v) is 4.63. The highest BCUT2D eigenvalue weighted by Crippen LogP contribution is 2.20. The first-order valence-corrected chi connectivity index (χ1v) is 6.00. The predicted octanol–water partition coefficient (Wildman–Crippen LogP) is 2.72. The van der Waals surface area contributed by atoms with Gasteiger partial charge in [0.15, 0.2) is 0 Å². The van der Waals surface area contributed by atoms with Gasteiger partial charge in [-0.25, -0.2) is 9.97 Å². The molecule has 0 aromatic carbocycles. The molecule has 5 heteroatoms. The third-order valence-electron chi connectivity index (χ3n) is 2.13. The smallest absolute Gasteiger partial charge is 0.145 e. The van der Waals surface area contributed by atoms with Gasteiger partial charge in [-0.05, 0) is 20.8 Å². The number of aromatic nitrogens is 3. The number of aryl methyl sites for hydroxylation is 2. The first kappa shape index (κ1) is 11.0. The van der Waals surface area contributed by atoms with E-state index in [0.717, 1.165) is 22.2 Å². The molecule has 0 amide bonds. The van der Waals surface area contributed by atoms with Crippen molar-refractivity contribution in [2.24, 2.45) is 0 Å². The molecule has 2 aromatic rings. The number of anilines is 1. The van der Waals surface area contributed by atoms with E-state index < -0.39 is 0 Å². The summed E-state index contributed by atoms with van der Waals surface area (Å²) in [4.78, 5) is 12.9. The summed E-state index contributed by atoms with van der Waals surface area (Å²) in [6, 6.07) is 0.162. The van der Waals surface area contributed by atoms with E-state index in [2.05, 4.69) is 32.6 Å². The minimum atomic E-state index is 0.162. The second-order valence-electron chi connectivity index (χ2n) is 3.74. The standard InChI is InChI=1S/C11H14N4S/c1-7-4-12-5-10(13-7)15-9(3)11-14-8(2)6-16-11/h4-6,9H,1-3H3,(H,13,15). The van der Waals surface area contributed by atoms with Gasteiger partial charge in [-0.2, -0.15) is 0 Å². The summed E-state index contributed by atoms with van der Waals surface area (Å²) in [6.45, 7) is 6.00. The number of rotatable bonds is 3. The van der Waals surface area contributed by atoms with E-state index in [9.17, 15) is 0 Å². The summed E-state index contributed by atoms with van der Waals surface area (Å²) in [5.74, 6) is 0.792. The molecule has 1 atom stereocenters. The summed E-state index contributed by atoms with van der Waals surface area (Å²) < 4.78 is 0. The quantitative estimate of drug-likeness (QED) is 0.887. The van der Waals surface area contributed by atoms with E-state index in [1.807, 2.05) is 13.8 Å². The number of hydrogen-bond donors (Lipinski definition) is 1. The molecule has 0 spiro atoms. The van der Waals surface area contributed by atoms with Crippen molar-refractivity contribution in [2.45, 2.75) is 26.8 Å². The van der Waals surface area contributed by atoms with Crippen LogP contribution < -0.4 is 5.32 Å². The first-order valence-electron chi connectivity index (χ1n) is 5.12. The number of hydrogen-bond acceptors (Lipinski definition) is 5. The van der Waals surface area contributed by atoms with Crippen molar-refractivity contribution in [1.82, 2.24) is 15.0 Å². The molecule has 4 nitrogen and oxygen atoms in total. The van der Waals surface area contributed by atoms with Crippen molar-refractivity contribution < 1.29 is 0 Å². The van der Waals surface area contributed by atoms with Crippen LogP contribution in [0.25, 0.3) is 0 Å². The molecule has 1 unspecified atom stereocenters. The van der Waals surface area contributed by atoms with Crippen molar-refractivity contribution in [2.75, 3.05) is 5.32 Å². The van der Waals surface area contributed by atoms with Crippen LogP contribution in [-0.2, 0) is 0 Å². The molecule has 0 aliphatic carbocycles. The SMILES string of the molecule is Cc1cncc(NC(C)c2nc(C)cs2)n1. The van der Waals surface area contributed by atoms with Crippen LogP contribution in [-0.4, -0.2) is 15.0 Å². The predicted molar refractivity (Wildman–Crippen MR) is 65.7 cm³/mol. The van der Waals surface area contributed by atoms with Crippen LogP contribution in [0.5, 0.6) is 0 Å². The molecule has 0 radical (unpaired) electrons. The van der Waals surface area contributed by atoms with Gasteiger partial charge in [-0.3, -0.25) is 4.98 Å². The molecule has 0 aliphatic heterocycles. The van der Waals surface area contributed by atoms with Gasteiger partial charge in [-0.15, -0.1) is 11.3 Å². The number of nitrogens with zero attached hydrogens (tertiary/aromatic N) is 3. The Hall–Kier alpha value is -1.49. The summed E-state index contributed by atoms with van der Waals surface area (Å²) in [7, 11) is 0. The minimum absolute atomic E-state index is 0.162. The van der Waals surface area contributed by atoms with Gasteiger partial charge in [0.05, 0.1) is 17.9 Å². The van der Waals surface area contributed by atoms with Crippen LogP contribution in [0.2, 0.25) is 0 Å². The monoisotopic (exact) mass is 234 g/mol. The Balaban J connectivity index is 2.10. The van der Waals surface area contributed by atoms with Crippen LogP contribution in [0.3, 0.4) is 0 Å². The molecule has 0 fully saturated rings. The van der Waals surface area contributed by atoms with Crippen LogP contribution in [0, 0.1) is 13.8 Å². The van der Waals surface area contributed by atoms with Crippen molar-refractivity contribution in [3.8, 4) is 0 Å². The van der Waals surface area contributed by atoms with Gasteiger partial charge in [-0.1, -0.05) is 0 Å².